The predicted octanol–water partition coefficient (Wildman–Crippen LogP) is 2.36. The van der Waals surface area contributed by atoms with Crippen LogP contribution in [0.5, 0.6) is 5.75 Å². The van der Waals surface area contributed by atoms with Crippen molar-refractivity contribution < 1.29 is 13.9 Å². The highest BCUT2D eigenvalue weighted by atomic mass is 79.9. The molecule has 13 heavy (non-hydrogen) atoms. The summed E-state index contributed by atoms with van der Waals surface area (Å²) in [6.45, 7) is 0. The molecule has 0 amide bonds. The Bertz CT molecular complexity index is 375. The Morgan fingerprint density at radius 2 is 2.23 bits per heavy atom. The van der Waals surface area contributed by atoms with Crippen molar-refractivity contribution in [1.29, 1.82) is 5.26 Å². The van der Waals surface area contributed by atoms with Crippen molar-refractivity contribution in [2.24, 2.45) is 0 Å². The van der Waals surface area contributed by atoms with Gasteiger partial charge in [-0.1, -0.05) is 0 Å². The zero-order valence-corrected chi connectivity index (χ0v) is 7.72. The van der Waals surface area contributed by atoms with E-state index in [1.165, 1.54) is 0 Å². The molecule has 68 valence electrons. The molecule has 0 radical (unpaired) electrons. The van der Waals surface area contributed by atoms with E-state index < -0.39 is 17.9 Å². The fourth-order valence-corrected chi connectivity index (χ4v) is 1.13. The Hall–Kier alpha value is -1.22. The van der Waals surface area contributed by atoms with Crippen LogP contribution >= 0.6 is 15.9 Å². The van der Waals surface area contributed by atoms with Gasteiger partial charge in [0.05, 0.1) is 4.47 Å². The lowest BCUT2D eigenvalue weighted by Crippen LogP contribution is -1.94. The lowest BCUT2D eigenvalue weighted by molar-refractivity contribution is 0.141. The number of hydrogen-bond acceptors (Lipinski definition) is 3. The second kappa shape index (κ2) is 3.66. The maximum absolute atomic E-state index is 12.1. The lowest BCUT2D eigenvalue weighted by atomic mass is 10.3. The number of nitrogens with zero attached hydrogens (tertiary/aromatic N) is 2. The summed E-state index contributed by atoms with van der Waals surface area (Å²) in [4.78, 5) is 3.28. The molecule has 0 aliphatic carbocycles. The maximum atomic E-state index is 12.1. The standard InChI is InChI=1S/C7H3BrF2N2O/c8-3-1-5(13)6(7(9)10)12-4(3)2-11/h1,7,13H. The molecule has 1 aromatic rings. The normalized spacial score (nSPS) is 10.1. The van der Waals surface area contributed by atoms with Gasteiger partial charge in [-0.15, -0.1) is 0 Å². The summed E-state index contributed by atoms with van der Waals surface area (Å²) in [5.41, 5.74) is -0.951. The minimum atomic E-state index is -2.89. The molecule has 1 rings (SSSR count). The summed E-state index contributed by atoms with van der Waals surface area (Å²) in [5.74, 6) is -0.624. The van der Waals surface area contributed by atoms with Gasteiger partial charge < -0.3 is 5.11 Å². The van der Waals surface area contributed by atoms with Crippen molar-refractivity contribution in [3.05, 3.63) is 21.9 Å². The second-order valence-electron chi connectivity index (χ2n) is 2.14. The van der Waals surface area contributed by atoms with E-state index in [1.54, 1.807) is 6.07 Å². The number of aromatic nitrogens is 1. The van der Waals surface area contributed by atoms with E-state index in [1.807, 2.05) is 0 Å². The number of aromatic hydroxyl groups is 1. The van der Waals surface area contributed by atoms with Crippen LogP contribution in [0.4, 0.5) is 8.78 Å². The first-order chi connectivity index (χ1) is 6.06. The van der Waals surface area contributed by atoms with Crippen LogP contribution in [-0.2, 0) is 0 Å². The smallest absolute Gasteiger partial charge is 0.284 e. The van der Waals surface area contributed by atoms with Crippen LogP contribution in [0.25, 0.3) is 0 Å². The highest BCUT2D eigenvalue weighted by Crippen LogP contribution is 2.29. The SMILES string of the molecule is N#Cc1nc(C(F)F)c(O)cc1Br. The third-order valence-electron chi connectivity index (χ3n) is 1.30. The van der Waals surface area contributed by atoms with E-state index in [0.29, 0.717) is 0 Å². The monoisotopic (exact) mass is 248 g/mol. The first-order valence-corrected chi connectivity index (χ1v) is 3.93. The van der Waals surface area contributed by atoms with E-state index in [-0.39, 0.29) is 10.2 Å². The number of hydrogen-bond donors (Lipinski definition) is 1. The van der Waals surface area contributed by atoms with Crippen LogP contribution < -0.4 is 0 Å². The fraction of sp³-hybridized carbons (Fsp3) is 0.143. The summed E-state index contributed by atoms with van der Waals surface area (Å²) < 4.78 is 24.4. The number of rotatable bonds is 1. The zero-order chi connectivity index (χ0) is 10.0. The average molecular weight is 249 g/mol. The van der Waals surface area contributed by atoms with Gasteiger partial charge in [-0.2, -0.15) is 5.26 Å². The van der Waals surface area contributed by atoms with Crippen LogP contribution in [0.2, 0.25) is 0 Å². The summed E-state index contributed by atoms with van der Waals surface area (Å²) in [6.07, 6.45) is -2.89. The highest BCUT2D eigenvalue weighted by molar-refractivity contribution is 9.10. The second-order valence-corrected chi connectivity index (χ2v) is 2.99. The minimum Gasteiger partial charge on any atom is -0.506 e. The van der Waals surface area contributed by atoms with Gasteiger partial charge in [0.25, 0.3) is 6.43 Å². The van der Waals surface area contributed by atoms with Crippen molar-refractivity contribution in [3.8, 4) is 11.8 Å². The Kier molecular flexibility index (Phi) is 2.78. The molecule has 0 spiro atoms. The molecule has 0 bridgehead atoms. The molecule has 0 saturated heterocycles. The summed E-state index contributed by atoms with van der Waals surface area (Å²) in [5, 5.41) is 17.4. The first kappa shape index (κ1) is 9.86. The Labute approximate surface area is 80.8 Å². The van der Waals surface area contributed by atoms with Gasteiger partial charge in [-0.25, -0.2) is 13.8 Å². The molecule has 3 nitrogen and oxygen atoms in total. The number of pyridine rings is 1. The molecular weight excluding hydrogens is 246 g/mol. The van der Waals surface area contributed by atoms with Gasteiger partial charge in [-0.3, -0.25) is 0 Å². The molecule has 1 aromatic heterocycles. The van der Waals surface area contributed by atoms with Gasteiger partial charge >= 0.3 is 0 Å². The highest BCUT2D eigenvalue weighted by Gasteiger charge is 2.17. The molecule has 0 aliphatic rings. The van der Waals surface area contributed by atoms with E-state index in [4.69, 9.17) is 10.4 Å². The van der Waals surface area contributed by atoms with Crippen molar-refractivity contribution in [1.82, 2.24) is 4.98 Å². The van der Waals surface area contributed by atoms with E-state index in [2.05, 4.69) is 20.9 Å². The molecule has 0 saturated carbocycles. The third-order valence-corrected chi connectivity index (χ3v) is 1.90. The summed E-state index contributed by atoms with van der Waals surface area (Å²) >= 11 is 2.90. The van der Waals surface area contributed by atoms with Crippen molar-refractivity contribution in [2.45, 2.75) is 6.43 Å². The molecule has 0 aromatic carbocycles. The topological polar surface area (TPSA) is 56.9 Å². The van der Waals surface area contributed by atoms with E-state index in [9.17, 15) is 8.78 Å². The molecule has 0 unspecified atom stereocenters. The predicted molar refractivity (Wildman–Crippen MR) is 43.3 cm³/mol. The van der Waals surface area contributed by atoms with Gasteiger partial charge in [0.1, 0.15) is 17.5 Å². The molecule has 1 heterocycles. The third kappa shape index (κ3) is 1.92. The Balaban J connectivity index is 3.33. The van der Waals surface area contributed by atoms with Gasteiger partial charge in [0.15, 0.2) is 5.69 Å². The Morgan fingerprint density at radius 3 is 2.69 bits per heavy atom. The van der Waals surface area contributed by atoms with Crippen molar-refractivity contribution in [3.63, 3.8) is 0 Å². The van der Waals surface area contributed by atoms with Crippen LogP contribution in [0.1, 0.15) is 17.8 Å². The molecule has 6 heteroatoms. The number of nitriles is 1. The lowest BCUT2D eigenvalue weighted by Gasteiger charge is -2.03. The van der Waals surface area contributed by atoms with E-state index in [0.717, 1.165) is 6.07 Å². The summed E-state index contributed by atoms with van der Waals surface area (Å²) in [7, 11) is 0. The minimum absolute atomic E-state index is 0.173. The van der Waals surface area contributed by atoms with Crippen LogP contribution in [0, 0.1) is 11.3 Å². The zero-order valence-electron chi connectivity index (χ0n) is 6.13. The van der Waals surface area contributed by atoms with Crippen molar-refractivity contribution >= 4 is 15.9 Å². The molecular formula is C7H3BrF2N2O. The van der Waals surface area contributed by atoms with Crippen LogP contribution in [0.3, 0.4) is 0 Å². The maximum Gasteiger partial charge on any atom is 0.284 e. The summed E-state index contributed by atoms with van der Waals surface area (Å²) in [6, 6.07) is 2.64. The fourth-order valence-electron chi connectivity index (χ4n) is 0.732. The van der Waals surface area contributed by atoms with Gasteiger partial charge in [0.2, 0.25) is 0 Å². The van der Waals surface area contributed by atoms with E-state index >= 15 is 0 Å². The molecule has 0 fully saturated rings. The van der Waals surface area contributed by atoms with Gasteiger partial charge in [0, 0.05) is 0 Å². The quantitative estimate of drug-likeness (QED) is 0.830. The molecule has 1 N–H and O–H groups in total. The number of halogens is 3. The molecule has 0 aliphatic heterocycles. The first-order valence-electron chi connectivity index (χ1n) is 3.14. The largest absolute Gasteiger partial charge is 0.506 e. The van der Waals surface area contributed by atoms with Crippen LogP contribution in [0.15, 0.2) is 10.5 Å². The van der Waals surface area contributed by atoms with Crippen LogP contribution in [-0.4, -0.2) is 10.1 Å². The average Bonchev–Trinajstić information content (AvgIpc) is 2.03. The van der Waals surface area contributed by atoms with Gasteiger partial charge in [-0.05, 0) is 22.0 Å². The Morgan fingerprint density at radius 1 is 1.62 bits per heavy atom. The molecule has 0 atom stereocenters. The number of alkyl halides is 2. The van der Waals surface area contributed by atoms with Crippen molar-refractivity contribution in [2.75, 3.05) is 0 Å².